The summed E-state index contributed by atoms with van der Waals surface area (Å²) in [5.41, 5.74) is 1.52. The van der Waals surface area contributed by atoms with Crippen molar-refractivity contribution < 1.29 is 27.3 Å². The second-order valence-electron chi connectivity index (χ2n) is 6.07. The molecule has 0 unspecified atom stereocenters. The second-order valence-corrected chi connectivity index (χ2v) is 6.07. The number of hydrogen-bond donors (Lipinski definition) is 0. The SMILES string of the molecule is C[n+]1c2ccccc2cc2cccc(C(=O)Oc3c(F)ccc(F)c3F)c21. The molecule has 6 heteroatoms. The lowest BCUT2D eigenvalue weighted by Gasteiger charge is -2.09. The van der Waals surface area contributed by atoms with Gasteiger partial charge in [-0.3, -0.25) is 0 Å². The summed E-state index contributed by atoms with van der Waals surface area (Å²) in [4.78, 5) is 12.6. The molecular formula is C21H13F3NO2+. The van der Waals surface area contributed by atoms with Crippen LogP contribution in [-0.4, -0.2) is 5.97 Å². The smallest absolute Gasteiger partial charge is 0.350 e. The van der Waals surface area contributed by atoms with E-state index in [1.165, 1.54) is 6.07 Å². The molecule has 0 aliphatic carbocycles. The van der Waals surface area contributed by atoms with Crippen LogP contribution < -0.4 is 9.30 Å². The first-order chi connectivity index (χ1) is 13.0. The van der Waals surface area contributed by atoms with Crippen molar-refractivity contribution >= 4 is 27.8 Å². The number of aryl methyl sites for hydroxylation is 1. The van der Waals surface area contributed by atoms with Gasteiger partial charge in [0.25, 0.3) is 0 Å². The number of halogens is 3. The predicted molar refractivity (Wildman–Crippen MR) is 93.9 cm³/mol. The molecule has 0 spiro atoms. The van der Waals surface area contributed by atoms with E-state index in [1.807, 2.05) is 36.4 Å². The van der Waals surface area contributed by atoms with Crippen LogP contribution in [0.4, 0.5) is 13.2 Å². The van der Waals surface area contributed by atoms with Gasteiger partial charge >= 0.3 is 5.97 Å². The number of fused-ring (bicyclic) bond motifs is 2. The fraction of sp³-hybridized carbons (Fsp3) is 0.0476. The number of pyridine rings is 1. The Balaban J connectivity index is 1.88. The zero-order valence-electron chi connectivity index (χ0n) is 14.2. The van der Waals surface area contributed by atoms with Crippen LogP contribution in [0, 0.1) is 17.5 Å². The number of benzene rings is 3. The Kier molecular flexibility index (Phi) is 4.03. The van der Waals surface area contributed by atoms with Gasteiger partial charge in [-0.25, -0.2) is 13.6 Å². The fourth-order valence-corrected chi connectivity index (χ4v) is 3.17. The summed E-state index contributed by atoms with van der Waals surface area (Å²) in [6, 6.07) is 15.8. The minimum absolute atomic E-state index is 0.115. The molecule has 0 amide bonds. The van der Waals surface area contributed by atoms with E-state index in [-0.39, 0.29) is 5.56 Å². The van der Waals surface area contributed by atoms with Crippen LogP contribution in [0.15, 0.2) is 60.7 Å². The van der Waals surface area contributed by atoms with Crippen LogP contribution >= 0.6 is 0 Å². The van der Waals surface area contributed by atoms with Crippen molar-refractivity contribution in [2.45, 2.75) is 0 Å². The first-order valence-corrected chi connectivity index (χ1v) is 8.13. The van der Waals surface area contributed by atoms with E-state index >= 15 is 0 Å². The van der Waals surface area contributed by atoms with Crippen LogP contribution in [0.3, 0.4) is 0 Å². The average molecular weight is 368 g/mol. The highest BCUT2D eigenvalue weighted by Gasteiger charge is 2.24. The largest absolute Gasteiger partial charge is 0.416 e. The van der Waals surface area contributed by atoms with E-state index in [4.69, 9.17) is 4.74 Å². The molecule has 1 heterocycles. The number of carbonyl (C=O) groups is 1. The average Bonchev–Trinajstić information content (AvgIpc) is 2.68. The molecule has 3 aromatic carbocycles. The van der Waals surface area contributed by atoms with E-state index in [2.05, 4.69) is 0 Å². The molecule has 4 rings (SSSR count). The molecule has 0 bridgehead atoms. The Bertz CT molecular complexity index is 1220. The van der Waals surface area contributed by atoms with Gasteiger partial charge in [0.1, 0.15) is 12.6 Å². The first-order valence-electron chi connectivity index (χ1n) is 8.13. The van der Waals surface area contributed by atoms with Crippen LogP contribution in [-0.2, 0) is 7.05 Å². The Morgan fingerprint density at radius 3 is 2.41 bits per heavy atom. The van der Waals surface area contributed by atoms with Gasteiger partial charge in [-0.15, -0.1) is 0 Å². The predicted octanol–water partition coefficient (Wildman–Crippen LogP) is 4.45. The monoisotopic (exact) mass is 368 g/mol. The quantitative estimate of drug-likeness (QED) is 0.172. The van der Waals surface area contributed by atoms with E-state index in [0.717, 1.165) is 16.3 Å². The molecule has 134 valence electrons. The van der Waals surface area contributed by atoms with Gasteiger partial charge in [-0.2, -0.15) is 8.96 Å². The van der Waals surface area contributed by atoms with E-state index < -0.39 is 29.2 Å². The van der Waals surface area contributed by atoms with Crippen LogP contribution in [0.25, 0.3) is 21.8 Å². The molecule has 0 atom stereocenters. The van der Waals surface area contributed by atoms with E-state index in [1.54, 1.807) is 17.7 Å². The van der Waals surface area contributed by atoms with Crippen LogP contribution in [0.1, 0.15) is 10.4 Å². The van der Waals surface area contributed by atoms with Gasteiger partial charge in [-0.05, 0) is 36.4 Å². The number of rotatable bonds is 2. The normalized spacial score (nSPS) is 11.1. The molecule has 4 aromatic rings. The Morgan fingerprint density at radius 1 is 0.889 bits per heavy atom. The van der Waals surface area contributed by atoms with Crippen molar-refractivity contribution in [3.63, 3.8) is 0 Å². The second kappa shape index (κ2) is 6.39. The summed E-state index contributed by atoms with van der Waals surface area (Å²) < 4.78 is 47.7. The highest BCUT2D eigenvalue weighted by molar-refractivity contribution is 6.04. The van der Waals surface area contributed by atoms with Crippen molar-refractivity contribution in [1.82, 2.24) is 0 Å². The summed E-state index contributed by atoms with van der Waals surface area (Å²) in [7, 11) is 1.78. The first kappa shape index (κ1) is 17.0. The topological polar surface area (TPSA) is 30.2 Å². The van der Waals surface area contributed by atoms with Gasteiger partial charge in [0.05, 0.1) is 0 Å². The number of nitrogens with zero attached hydrogens (tertiary/aromatic N) is 1. The van der Waals surface area contributed by atoms with Crippen molar-refractivity contribution in [2.24, 2.45) is 7.05 Å². The number of ether oxygens (including phenoxy) is 1. The number of para-hydroxylation sites is 2. The lowest BCUT2D eigenvalue weighted by molar-refractivity contribution is -0.617. The third kappa shape index (κ3) is 2.79. The summed E-state index contributed by atoms with van der Waals surface area (Å²) in [6.45, 7) is 0. The highest BCUT2D eigenvalue weighted by atomic mass is 19.2. The molecule has 0 aliphatic heterocycles. The Morgan fingerprint density at radius 2 is 1.59 bits per heavy atom. The lowest BCUT2D eigenvalue weighted by Crippen LogP contribution is -2.32. The maximum absolute atomic E-state index is 13.8. The molecule has 0 radical (unpaired) electrons. The number of carbonyl (C=O) groups excluding carboxylic acids is 1. The molecule has 0 saturated heterocycles. The van der Waals surface area contributed by atoms with E-state index in [0.29, 0.717) is 17.6 Å². The third-order valence-corrected chi connectivity index (χ3v) is 4.43. The minimum Gasteiger partial charge on any atom is -0.416 e. The Hall–Kier alpha value is -3.41. The molecule has 3 nitrogen and oxygen atoms in total. The molecule has 0 saturated carbocycles. The number of aromatic nitrogens is 1. The highest BCUT2D eigenvalue weighted by Crippen LogP contribution is 2.26. The van der Waals surface area contributed by atoms with Gasteiger partial charge in [0, 0.05) is 16.8 Å². The van der Waals surface area contributed by atoms with Gasteiger partial charge in [0.2, 0.25) is 22.6 Å². The zero-order valence-corrected chi connectivity index (χ0v) is 14.2. The maximum atomic E-state index is 13.8. The summed E-state index contributed by atoms with van der Waals surface area (Å²) in [6.07, 6.45) is 0. The molecule has 0 N–H and O–H groups in total. The van der Waals surface area contributed by atoms with Crippen LogP contribution in [0.2, 0.25) is 0 Å². The standard InChI is InChI=1S/C21H13F3NO2/c1-25-17-8-3-2-5-12(17)11-13-6-4-7-14(19(13)25)21(26)27-20-16(23)10-9-15(22)18(20)24/h2-11H,1H3/q+1. The number of esters is 1. The molecule has 27 heavy (non-hydrogen) atoms. The Labute approximate surface area is 152 Å². The van der Waals surface area contributed by atoms with Gasteiger partial charge in [0.15, 0.2) is 11.6 Å². The van der Waals surface area contributed by atoms with Crippen molar-refractivity contribution in [1.29, 1.82) is 0 Å². The molecular weight excluding hydrogens is 355 g/mol. The zero-order chi connectivity index (χ0) is 19.1. The van der Waals surface area contributed by atoms with Gasteiger partial charge < -0.3 is 4.74 Å². The summed E-state index contributed by atoms with van der Waals surface area (Å²) >= 11 is 0. The summed E-state index contributed by atoms with van der Waals surface area (Å²) in [5, 5.41) is 1.73. The minimum atomic E-state index is -1.54. The fourth-order valence-electron chi connectivity index (χ4n) is 3.17. The summed E-state index contributed by atoms with van der Waals surface area (Å²) in [5.74, 6) is -6.03. The van der Waals surface area contributed by atoms with Crippen molar-refractivity contribution in [3.05, 3.63) is 83.7 Å². The maximum Gasteiger partial charge on any atom is 0.350 e. The molecule has 0 fully saturated rings. The third-order valence-electron chi connectivity index (χ3n) is 4.43. The van der Waals surface area contributed by atoms with Crippen LogP contribution in [0.5, 0.6) is 5.75 Å². The lowest BCUT2D eigenvalue weighted by atomic mass is 10.1. The molecule has 1 aromatic heterocycles. The van der Waals surface area contributed by atoms with E-state index in [9.17, 15) is 18.0 Å². The van der Waals surface area contributed by atoms with Crippen molar-refractivity contribution in [2.75, 3.05) is 0 Å². The van der Waals surface area contributed by atoms with Gasteiger partial charge in [-0.1, -0.05) is 18.2 Å². The number of hydrogen-bond acceptors (Lipinski definition) is 2. The molecule has 0 aliphatic rings. The van der Waals surface area contributed by atoms with Crippen molar-refractivity contribution in [3.8, 4) is 5.75 Å².